The van der Waals surface area contributed by atoms with E-state index in [0.29, 0.717) is 62.6 Å². The highest BCUT2D eigenvalue weighted by atomic mass is 16.7. The largest absolute Gasteiger partial charge is 0.456 e. The fourth-order valence-corrected chi connectivity index (χ4v) is 10.5. The van der Waals surface area contributed by atoms with Gasteiger partial charge in [-0.3, -0.25) is 19.2 Å². The van der Waals surface area contributed by atoms with Crippen LogP contribution in [-0.2, 0) is 52.4 Å². The third-order valence-electron chi connectivity index (χ3n) is 14.4. The molecule has 3 aliphatic heterocycles. The van der Waals surface area contributed by atoms with Crippen molar-refractivity contribution in [3.63, 3.8) is 0 Å². The first-order valence-electron chi connectivity index (χ1n) is 24.0. The summed E-state index contributed by atoms with van der Waals surface area (Å²) < 4.78 is 36.3. The summed E-state index contributed by atoms with van der Waals surface area (Å²) in [4.78, 5) is 71.0. The van der Waals surface area contributed by atoms with Crippen molar-refractivity contribution in [2.45, 2.75) is 167 Å². The molecule has 1 saturated carbocycles. The van der Waals surface area contributed by atoms with Crippen LogP contribution in [0.15, 0.2) is 53.6 Å². The van der Waals surface area contributed by atoms with Gasteiger partial charge in [-0.1, -0.05) is 63.6 Å². The number of para-hydroxylation sites is 1. The van der Waals surface area contributed by atoms with Gasteiger partial charge < -0.3 is 48.9 Å². The van der Waals surface area contributed by atoms with Crippen LogP contribution in [-0.4, -0.2) is 134 Å². The average molecular weight is 925 g/mol. The number of nitrogens with zero attached hydrogens (tertiary/aromatic N) is 1. The lowest BCUT2D eigenvalue weighted by atomic mass is 9.81. The summed E-state index contributed by atoms with van der Waals surface area (Å²) in [5, 5.41) is 26.8. The molecule has 0 aromatic heterocycles. The monoisotopic (exact) mass is 925 g/mol. The lowest BCUT2D eigenvalue weighted by molar-refractivity contribution is -0.302. The smallest absolute Gasteiger partial charge is 0.329 e. The summed E-state index contributed by atoms with van der Waals surface area (Å²) in [7, 11) is 4.66. The van der Waals surface area contributed by atoms with E-state index in [1.54, 1.807) is 33.1 Å². The number of piperidine rings is 1. The molecule has 1 aliphatic carbocycles. The van der Waals surface area contributed by atoms with Crippen LogP contribution in [0.2, 0.25) is 0 Å². The van der Waals surface area contributed by atoms with Crippen LogP contribution >= 0.6 is 0 Å². The molecular weight excluding hydrogens is 849 g/mol. The number of aliphatic hydroxyl groups is 2. The zero-order valence-electron chi connectivity index (χ0n) is 40.6. The number of nitrogens with one attached hydrogen (secondary N) is 1. The number of allylic oxidation sites excluding steroid dienone is 3. The van der Waals surface area contributed by atoms with Crippen LogP contribution in [0, 0.1) is 29.6 Å². The second-order valence-corrected chi connectivity index (χ2v) is 19.4. The number of amides is 2. The maximum atomic E-state index is 14.5. The zero-order chi connectivity index (χ0) is 48.3. The number of hydrogen-bond donors (Lipinski definition) is 3. The minimum atomic E-state index is -2.52. The van der Waals surface area contributed by atoms with Gasteiger partial charge in [0.15, 0.2) is 0 Å². The molecule has 1 aromatic rings. The summed E-state index contributed by atoms with van der Waals surface area (Å²) in [6.07, 6.45) is 3.77. The molecular formula is C51H76N2O13. The maximum Gasteiger partial charge on any atom is 0.329 e. The van der Waals surface area contributed by atoms with Crippen LogP contribution < -0.4 is 5.32 Å². The van der Waals surface area contributed by atoms with Gasteiger partial charge in [0, 0.05) is 57.7 Å². The Kier molecular flexibility index (Phi) is 19.7. The number of ketones is 2. The number of anilines is 1. The molecule has 368 valence electrons. The molecule has 2 amide bonds. The van der Waals surface area contributed by atoms with E-state index >= 15 is 0 Å². The number of rotatable bonds is 10. The first kappa shape index (κ1) is 53.1. The van der Waals surface area contributed by atoms with Gasteiger partial charge in [0.25, 0.3) is 11.7 Å². The standard InChI is InChI=1S/C51H76N2O13/c1-10-36-23-30(2)22-31(3)24-43(62-8)47-44(63-9)26-33(5)51(60,66-47)48(57)49(58)53-21-15-14-18-38(53)50(59)65-46(34(6)39(54)28-40(36)55)32(4)25-35-19-20-41(42(27-35)61-7)64-29-45(56)52-37-16-12-11-13-17-37/h11-13,16-17,23,25,31,33-36,38-39,41-44,46-47,54,60H,10,14-15,18-22,24,26-29H2,1-9H3,(H,52,56)/b30-23+,32-25+/t31-,33+,34+,35-,36+,38-,39-,41+,42+,43?,44-,46+,47+,51+/m0/s1. The number of carbonyl (C=O) groups excluding carboxylic acids is 5. The molecule has 15 nitrogen and oxygen atoms in total. The van der Waals surface area contributed by atoms with Gasteiger partial charge in [0.2, 0.25) is 11.7 Å². The maximum absolute atomic E-state index is 14.5. The highest BCUT2D eigenvalue weighted by Crippen LogP contribution is 2.39. The summed E-state index contributed by atoms with van der Waals surface area (Å²) in [5.41, 5.74) is 2.31. The van der Waals surface area contributed by atoms with Crippen molar-refractivity contribution in [1.29, 1.82) is 0 Å². The quantitative estimate of drug-likeness (QED) is 0.138. The van der Waals surface area contributed by atoms with Gasteiger partial charge in [-0.25, -0.2) is 4.79 Å². The molecule has 15 heteroatoms. The molecule has 3 fully saturated rings. The predicted molar refractivity (Wildman–Crippen MR) is 247 cm³/mol. The highest BCUT2D eigenvalue weighted by molar-refractivity contribution is 6.39. The fourth-order valence-electron chi connectivity index (χ4n) is 10.5. The summed E-state index contributed by atoms with van der Waals surface area (Å²) >= 11 is 0. The van der Waals surface area contributed by atoms with Crippen LogP contribution in [0.25, 0.3) is 0 Å². The van der Waals surface area contributed by atoms with Gasteiger partial charge in [-0.15, -0.1) is 0 Å². The fraction of sp³-hybridized carbons (Fsp3) is 0.706. The highest BCUT2D eigenvalue weighted by Gasteiger charge is 2.56. The van der Waals surface area contributed by atoms with E-state index in [9.17, 15) is 34.2 Å². The number of Topliss-reactive ketones (excluding diaryl/α,β-unsaturated/α-hetero) is 2. The van der Waals surface area contributed by atoms with Crippen LogP contribution in [0.5, 0.6) is 0 Å². The first-order chi connectivity index (χ1) is 31.4. The third-order valence-corrected chi connectivity index (χ3v) is 14.4. The van der Waals surface area contributed by atoms with Gasteiger partial charge in [-0.05, 0) is 108 Å². The third kappa shape index (κ3) is 13.2. The molecule has 2 saturated heterocycles. The Bertz CT molecular complexity index is 1870. The Balaban J connectivity index is 1.44. The zero-order valence-corrected chi connectivity index (χ0v) is 40.6. The van der Waals surface area contributed by atoms with E-state index < -0.39 is 77.8 Å². The predicted octanol–water partition coefficient (Wildman–Crippen LogP) is 6.14. The second-order valence-electron chi connectivity index (χ2n) is 19.4. The van der Waals surface area contributed by atoms with E-state index in [-0.39, 0.29) is 68.1 Å². The Labute approximate surface area is 391 Å². The lowest BCUT2D eigenvalue weighted by Gasteiger charge is -2.47. The van der Waals surface area contributed by atoms with Gasteiger partial charge >= 0.3 is 5.97 Å². The van der Waals surface area contributed by atoms with Gasteiger partial charge in [-0.2, -0.15) is 0 Å². The Morgan fingerprint density at radius 3 is 2.26 bits per heavy atom. The van der Waals surface area contributed by atoms with Gasteiger partial charge in [0.1, 0.15) is 30.6 Å². The SMILES string of the molecule is CC[C@@H]1/C=C(\C)C[C@H](C)CC(OC)[C@H]2O[C@@](O)(C(=O)C(=O)N3CCCC[C@H]3C(=O)O[C@H](/C(C)=C/[C@@H]3CC[C@@H](OCC(=O)Nc4ccccc4)[C@H](OC)C3)[C@H](C)[C@@H](O)CC1=O)[C@H](C)C[C@@H]2OC. The summed E-state index contributed by atoms with van der Waals surface area (Å²) in [6.45, 7) is 11.1. The number of cyclic esters (lactones) is 1. The van der Waals surface area contributed by atoms with Crippen LogP contribution in [0.3, 0.4) is 0 Å². The Morgan fingerprint density at radius 2 is 1.59 bits per heavy atom. The number of aliphatic hydroxyl groups excluding tert-OH is 1. The Hall–Kier alpha value is -3.83. The normalized spacial score (nSPS) is 36.9. The number of methoxy groups -OCH3 is 3. The van der Waals surface area contributed by atoms with Crippen LogP contribution in [0.4, 0.5) is 5.69 Å². The number of ether oxygens (including phenoxy) is 6. The van der Waals surface area contributed by atoms with Crippen molar-refractivity contribution in [3.05, 3.63) is 53.6 Å². The Morgan fingerprint density at radius 1 is 0.909 bits per heavy atom. The number of fused-ring (bicyclic) bond motifs is 3. The first-order valence-corrected chi connectivity index (χ1v) is 24.0. The second kappa shape index (κ2) is 24.5. The molecule has 2 bridgehead atoms. The summed E-state index contributed by atoms with van der Waals surface area (Å²) in [5.74, 6) is -8.00. The molecule has 66 heavy (non-hydrogen) atoms. The molecule has 3 heterocycles. The molecule has 1 aromatic carbocycles. The van der Waals surface area contributed by atoms with Crippen molar-refractivity contribution in [3.8, 4) is 0 Å². The van der Waals surface area contributed by atoms with Crippen molar-refractivity contribution >= 4 is 35.0 Å². The van der Waals surface area contributed by atoms with E-state index in [1.165, 1.54) is 19.1 Å². The molecule has 0 spiro atoms. The van der Waals surface area contributed by atoms with Crippen molar-refractivity contribution < 1.29 is 62.6 Å². The average Bonchev–Trinajstić information content (AvgIpc) is 3.30. The van der Waals surface area contributed by atoms with Crippen LogP contribution in [0.1, 0.15) is 112 Å². The molecule has 4 aliphatic rings. The van der Waals surface area contributed by atoms with E-state index in [2.05, 4.69) is 5.32 Å². The van der Waals surface area contributed by atoms with Gasteiger partial charge in [0.05, 0.1) is 30.5 Å². The molecule has 3 N–H and O–H groups in total. The molecule has 14 atom stereocenters. The van der Waals surface area contributed by atoms with E-state index in [0.717, 1.165) is 5.57 Å². The minimum Gasteiger partial charge on any atom is -0.456 e. The van der Waals surface area contributed by atoms with E-state index in [4.69, 9.17) is 28.4 Å². The van der Waals surface area contributed by atoms with Crippen molar-refractivity contribution in [1.82, 2.24) is 4.90 Å². The van der Waals surface area contributed by atoms with Crippen molar-refractivity contribution in [2.75, 3.05) is 39.8 Å². The number of carbonyl (C=O) groups is 5. The molecule has 1 unspecified atom stereocenters. The number of hydrogen-bond acceptors (Lipinski definition) is 13. The minimum absolute atomic E-state index is 0.0189. The number of benzene rings is 1. The topological polar surface area (TPSA) is 196 Å². The van der Waals surface area contributed by atoms with Crippen molar-refractivity contribution in [2.24, 2.45) is 29.6 Å². The molecule has 0 radical (unpaired) electrons. The lowest BCUT2D eigenvalue weighted by Crippen LogP contribution is -2.64. The summed E-state index contributed by atoms with van der Waals surface area (Å²) in [6, 6.07) is 7.98. The number of esters is 1. The van der Waals surface area contributed by atoms with E-state index in [1.807, 2.05) is 58.0 Å². The molecule has 5 rings (SSSR count).